The van der Waals surface area contributed by atoms with Gasteiger partial charge >= 0.3 is 0 Å². The molecule has 0 saturated carbocycles. The summed E-state index contributed by atoms with van der Waals surface area (Å²) in [5.41, 5.74) is 35.1. The van der Waals surface area contributed by atoms with Crippen LogP contribution in [-0.2, 0) is 0 Å². The topological polar surface area (TPSA) is 247 Å². The summed E-state index contributed by atoms with van der Waals surface area (Å²) in [5, 5.41) is 56.8. The van der Waals surface area contributed by atoms with E-state index in [1.165, 1.54) is 67.3 Å². The minimum atomic E-state index is 0.185. The molecular formula is C82H108N28. The molecule has 0 amide bonds. The Hall–Kier alpha value is -10.1. The number of hydrogen-bond acceptors (Lipinski definition) is 22. The quantitative estimate of drug-likeness (QED) is 0.245. The van der Waals surface area contributed by atoms with Gasteiger partial charge in [-0.25, -0.2) is 10.2 Å². The van der Waals surface area contributed by atoms with Gasteiger partial charge in [0.25, 0.3) is 0 Å². The van der Waals surface area contributed by atoms with E-state index in [1.54, 1.807) is 0 Å². The molecule has 12 aliphatic heterocycles. The Balaban J connectivity index is 0.000000116. The van der Waals surface area contributed by atoms with Crippen LogP contribution in [0.4, 0.5) is 45.5 Å². The summed E-state index contributed by atoms with van der Waals surface area (Å²) in [5.74, 6) is 0.510. The molecule has 28 heteroatoms. The summed E-state index contributed by atoms with van der Waals surface area (Å²) in [4.78, 5) is 40.0. The first-order chi connectivity index (χ1) is 52.0. The van der Waals surface area contributed by atoms with Crippen LogP contribution in [0.2, 0.25) is 0 Å². The lowest BCUT2D eigenvalue weighted by atomic mass is 9.88. The normalized spacial score (nSPS) is 24.4. The number of rotatable bonds is 6. The van der Waals surface area contributed by atoms with Crippen molar-refractivity contribution in [1.29, 1.82) is 0 Å². The summed E-state index contributed by atoms with van der Waals surface area (Å²) >= 11 is 0. The Morgan fingerprint density at radius 2 is 0.773 bits per heavy atom. The van der Waals surface area contributed by atoms with E-state index in [2.05, 4.69) is 370 Å². The Bertz CT molecular complexity index is 4580. The molecule has 110 heavy (non-hydrogen) atoms. The molecule has 0 spiro atoms. The molecule has 2 aromatic carbocycles. The highest BCUT2D eigenvalue weighted by Gasteiger charge is 2.50. The van der Waals surface area contributed by atoms with E-state index in [-0.39, 0.29) is 36.5 Å². The van der Waals surface area contributed by atoms with Gasteiger partial charge in [0.2, 0.25) is 0 Å². The van der Waals surface area contributed by atoms with Gasteiger partial charge in [-0.1, -0.05) is 13.8 Å². The van der Waals surface area contributed by atoms with Crippen LogP contribution >= 0.6 is 0 Å². The van der Waals surface area contributed by atoms with Crippen LogP contribution in [0.15, 0.2) is 140 Å². The number of nitrogens with zero attached hydrogens (tertiary/aromatic N) is 28. The summed E-state index contributed by atoms with van der Waals surface area (Å²) < 4.78 is 0. The van der Waals surface area contributed by atoms with E-state index < -0.39 is 0 Å². The van der Waals surface area contributed by atoms with Gasteiger partial charge in [0.1, 0.15) is 104 Å². The van der Waals surface area contributed by atoms with E-state index >= 15 is 0 Å². The molecule has 18 rings (SSSR count). The van der Waals surface area contributed by atoms with Gasteiger partial charge in [-0.05, 0) is 172 Å². The molecule has 28 nitrogen and oxygen atoms in total. The molecular weight excluding hydrogens is 1380 g/mol. The van der Waals surface area contributed by atoms with E-state index in [0.717, 1.165) is 113 Å². The maximum atomic E-state index is 4.90. The lowest BCUT2D eigenvalue weighted by Gasteiger charge is -2.34. The maximum Gasteiger partial charge on any atom is 0.130 e. The minimum absolute atomic E-state index is 0.185. The molecule has 0 radical (unpaired) electrons. The molecule has 0 N–H and O–H groups in total. The Kier molecular flexibility index (Phi) is 20.8. The third kappa shape index (κ3) is 12.2. The third-order valence-electron chi connectivity index (χ3n) is 23.3. The predicted octanol–water partition coefficient (Wildman–Crippen LogP) is 16.1. The van der Waals surface area contributed by atoms with Crippen LogP contribution in [0.5, 0.6) is 0 Å². The smallest absolute Gasteiger partial charge is 0.130 e. The Morgan fingerprint density at radius 3 is 1.21 bits per heavy atom. The average Bonchev–Trinajstić information content (AvgIpc) is 1.60. The zero-order chi connectivity index (χ0) is 79.9. The van der Waals surface area contributed by atoms with Crippen molar-refractivity contribution in [3.8, 4) is 0 Å². The first-order valence-electron chi connectivity index (χ1n) is 38.4. The van der Waals surface area contributed by atoms with Crippen LogP contribution in [0.1, 0.15) is 168 Å². The van der Waals surface area contributed by atoms with Crippen molar-refractivity contribution in [2.45, 2.75) is 240 Å². The molecule has 0 bridgehead atoms. The Morgan fingerprint density at radius 1 is 0.373 bits per heavy atom. The maximum absolute atomic E-state index is 4.90. The molecule has 0 fully saturated rings. The lowest BCUT2D eigenvalue weighted by molar-refractivity contribution is -0.0148. The number of likely N-dealkylation sites (N-methyl/N-ethyl adjacent to an activating group) is 2. The highest BCUT2D eigenvalue weighted by atomic mass is 15.9. The van der Waals surface area contributed by atoms with Crippen molar-refractivity contribution in [2.75, 3.05) is 69.4 Å². The minimum Gasteiger partial charge on any atom is -0.288 e. The second-order valence-electron chi connectivity index (χ2n) is 32.2. The van der Waals surface area contributed by atoms with Crippen molar-refractivity contribution in [3.05, 3.63) is 144 Å². The molecule has 0 saturated heterocycles. The van der Waals surface area contributed by atoms with Gasteiger partial charge < -0.3 is 0 Å². The second-order valence-corrected chi connectivity index (χ2v) is 32.2. The highest BCUT2D eigenvalue weighted by molar-refractivity contribution is 6.14. The van der Waals surface area contributed by atoms with Gasteiger partial charge in [-0.2, -0.15) is 20.2 Å². The van der Waals surface area contributed by atoms with Crippen LogP contribution in [0.3, 0.4) is 0 Å². The third-order valence-corrected chi connectivity index (χ3v) is 23.3. The summed E-state index contributed by atoms with van der Waals surface area (Å²) in [7, 11) is 14.6. The second kappa shape index (κ2) is 29.3. The fraction of sp³-hybridized carbons (Fsp3) is 0.537. The average molecular weight is 1490 g/mol. The molecule has 576 valence electrons. The SMILES string of the molecule is CC1=C2N=[C+][N-]C2=C(C)C2C1=NC(C(C)C)N2C.CC1=C2N=[C+][N-]C2=C(C)C2C1=NC(C)N2C(C)C.CC1=C2N=[C+][N-]C2=C(C)C2C1=NN(C(C)C)N2C.CC1=C2N=[C+][N-]C2=C(C)C2C1=NN(C)N2C(C)C.Cc1c2c(c(C)c3c1N(C)N(C(C)C)N3C)[N-][C+]=N2.Cc1c2c(c(C)c3c1N(C)N(C)N3C(C)C)[N-][C+]=N2. The molecule has 4 aliphatic carbocycles. The van der Waals surface area contributed by atoms with Crippen LogP contribution in [0, 0.1) is 33.6 Å². The lowest BCUT2D eigenvalue weighted by Crippen LogP contribution is -2.49. The van der Waals surface area contributed by atoms with Crippen LogP contribution in [-0.4, -0.2) is 217 Å². The van der Waals surface area contributed by atoms with Crippen molar-refractivity contribution in [3.63, 3.8) is 0 Å². The van der Waals surface area contributed by atoms with Crippen molar-refractivity contribution in [1.82, 2.24) is 40.3 Å². The van der Waals surface area contributed by atoms with Crippen LogP contribution in [0.25, 0.3) is 31.9 Å². The van der Waals surface area contributed by atoms with E-state index in [0.29, 0.717) is 36.1 Å². The molecule has 2 aromatic rings. The van der Waals surface area contributed by atoms with Crippen LogP contribution < -0.4 is 20.0 Å². The number of benzene rings is 2. The zero-order valence-corrected chi connectivity index (χ0v) is 70.5. The highest BCUT2D eigenvalue weighted by Crippen LogP contribution is 2.57. The molecule has 12 heterocycles. The largest absolute Gasteiger partial charge is 0.288 e. The van der Waals surface area contributed by atoms with Crippen molar-refractivity contribution in [2.24, 2.45) is 56.1 Å². The van der Waals surface area contributed by atoms with Crippen molar-refractivity contribution < 1.29 is 0 Å². The van der Waals surface area contributed by atoms with Gasteiger partial charge in [-0.3, -0.25) is 102 Å². The zero-order valence-electron chi connectivity index (χ0n) is 70.5. The van der Waals surface area contributed by atoms with E-state index in [4.69, 9.17) is 15.1 Å². The first-order valence-corrected chi connectivity index (χ1v) is 38.4. The summed E-state index contributed by atoms with van der Waals surface area (Å²) in [6, 6.07) is 2.86. The number of fused-ring (bicyclic) bond motifs is 12. The number of hydrazone groups is 2. The van der Waals surface area contributed by atoms with E-state index in [1.807, 2.05) is 17.3 Å². The fourth-order valence-electron chi connectivity index (χ4n) is 18.2. The predicted molar refractivity (Wildman–Crippen MR) is 452 cm³/mol. The number of hydrogen-bond donors (Lipinski definition) is 0. The van der Waals surface area contributed by atoms with Crippen molar-refractivity contribution >= 4 is 106 Å². The number of anilines is 4. The van der Waals surface area contributed by atoms with E-state index in [9.17, 15) is 0 Å². The van der Waals surface area contributed by atoms with Gasteiger partial charge in [-0.15, -0.1) is 10.2 Å². The standard InChI is InChI=1S/2C14H19N5.2C14H18N4.2C13H17N5/c1-8(2)19-14-10(4)12-11(15-7-16-12)9(3)13(14)17(5)18(19)6;1-8(2)19-17(5)13-9(3)11-12(16-7-15-11)10(4)14(13)18(19)6;1-7(2)14-17-12-8(3)10-11(16-6-15-10)9(4)13(12)18(14)5;1-7(2)18-10(5)17-13-8(3)11-12(16-6-15-11)9(4)14(13)18;1-7(2)18-13-9(4)11-10(14-6-15-11)8(3)12(13)16-17(18)5;1-7(2)18-16-12-8(3)10-11(15-6-14-10)9(4)13(12)17(18)5/h2*8H,1-6H3;7,13-14H,1-5H3;7,10,14H,1-5H3;2*7,13H,1-5H3. The molecule has 16 aliphatic rings. The summed E-state index contributed by atoms with van der Waals surface area (Å²) in [6.07, 6.45) is 16.8. The number of aliphatic imine (C=N–C) groups is 8. The molecule has 6 unspecified atom stereocenters. The Labute approximate surface area is 653 Å². The van der Waals surface area contributed by atoms with Gasteiger partial charge in [0.05, 0.1) is 74.6 Å². The molecule has 0 aromatic heterocycles. The monoisotopic (exact) mass is 1480 g/mol. The first kappa shape index (κ1) is 78.0. The van der Waals surface area contributed by atoms with Gasteiger partial charge in [0, 0.05) is 149 Å². The molecule has 6 atom stereocenters. The van der Waals surface area contributed by atoms with Gasteiger partial charge in [0.15, 0.2) is 0 Å². The summed E-state index contributed by atoms with van der Waals surface area (Å²) in [6.45, 7) is 53.7. The fourth-order valence-corrected chi connectivity index (χ4v) is 18.2. The number of hydrazine groups is 6.